The van der Waals surface area contributed by atoms with Gasteiger partial charge in [-0.05, 0) is 48.9 Å². The molecule has 0 aliphatic carbocycles. The lowest BCUT2D eigenvalue weighted by molar-refractivity contribution is -0.139. The van der Waals surface area contributed by atoms with Crippen LogP contribution < -0.4 is 15.4 Å². The molecule has 0 bridgehead atoms. The van der Waals surface area contributed by atoms with Crippen LogP contribution in [0.25, 0.3) is 6.08 Å². The van der Waals surface area contributed by atoms with Crippen molar-refractivity contribution < 1.29 is 29.0 Å². The third kappa shape index (κ3) is 5.70. The topological polar surface area (TPSA) is 125 Å². The number of carbonyl (C=O) groups is 4. The number of aliphatic carboxylic acids is 1. The van der Waals surface area contributed by atoms with Crippen molar-refractivity contribution in [3.8, 4) is 5.75 Å². The van der Waals surface area contributed by atoms with Gasteiger partial charge in [-0.2, -0.15) is 0 Å². The second-order valence-corrected chi connectivity index (χ2v) is 7.58. The van der Waals surface area contributed by atoms with Crippen LogP contribution in [-0.2, 0) is 14.4 Å². The van der Waals surface area contributed by atoms with Gasteiger partial charge in [0, 0.05) is 15.7 Å². The summed E-state index contributed by atoms with van der Waals surface area (Å²) >= 11 is 3.30. The van der Waals surface area contributed by atoms with Crippen LogP contribution in [0.4, 0.5) is 10.5 Å². The molecule has 1 aliphatic rings. The second kappa shape index (κ2) is 9.43. The van der Waals surface area contributed by atoms with Gasteiger partial charge in [0.1, 0.15) is 18.0 Å². The summed E-state index contributed by atoms with van der Waals surface area (Å²) in [7, 11) is 0. The number of benzene rings is 2. The maximum atomic E-state index is 12.7. The number of carbonyl (C=O) groups excluding carboxylic acids is 3. The van der Waals surface area contributed by atoms with E-state index in [4.69, 9.17) is 9.84 Å². The van der Waals surface area contributed by atoms with Crippen molar-refractivity contribution in [2.24, 2.45) is 0 Å². The monoisotopic (exact) mass is 487 g/mol. The van der Waals surface area contributed by atoms with Crippen molar-refractivity contribution in [3.63, 3.8) is 0 Å². The van der Waals surface area contributed by atoms with E-state index in [1.54, 1.807) is 30.3 Å². The normalized spacial score (nSPS) is 14.5. The van der Waals surface area contributed by atoms with Gasteiger partial charge in [-0.3, -0.25) is 9.59 Å². The summed E-state index contributed by atoms with van der Waals surface area (Å²) in [6.45, 7) is 0.848. The number of nitrogens with one attached hydrogen (secondary N) is 2. The van der Waals surface area contributed by atoms with Crippen LogP contribution in [-0.4, -0.2) is 47.0 Å². The maximum Gasteiger partial charge on any atom is 0.341 e. The number of nitrogens with zero attached hydrogens (tertiary/aromatic N) is 1. The molecule has 0 spiro atoms. The van der Waals surface area contributed by atoms with Crippen molar-refractivity contribution in [1.82, 2.24) is 10.2 Å². The largest absolute Gasteiger partial charge is 0.481 e. The first kappa shape index (κ1) is 22.0. The van der Waals surface area contributed by atoms with Gasteiger partial charge in [-0.25, -0.2) is 14.5 Å². The molecule has 4 amide bonds. The van der Waals surface area contributed by atoms with Crippen LogP contribution in [0.5, 0.6) is 5.75 Å². The minimum atomic E-state index is -1.16. The number of ether oxygens (including phenoxy) is 1. The van der Waals surface area contributed by atoms with E-state index in [0.29, 0.717) is 15.7 Å². The number of amides is 4. The first-order chi connectivity index (χ1) is 14.7. The highest BCUT2D eigenvalue weighted by Crippen LogP contribution is 2.26. The molecule has 1 fully saturated rings. The summed E-state index contributed by atoms with van der Waals surface area (Å²) in [4.78, 5) is 48.8. The number of carboxylic acids is 1. The molecular weight excluding hydrogens is 470 g/mol. The van der Waals surface area contributed by atoms with Crippen molar-refractivity contribution in [2.75, 3.05) is 18.5 Å². The number of urea groups is 1. The Bertz CT molecular complexity index is 1100. The molecule has 0 unspecified atom stereocenters. The highest BCUT2D eigenvalue weighted by Gasteiger charge is 2.35. The molecule has 2 aromatic rings. The third-order valence-corrected chi connectivity index (χ3v) is 4.68. The molecule has 0 aromatic heterocycles. The Labute approximate surface area is 185 Å². The zero-order chi connectivity index (χ0) is 22.5. The maximum absolute atomic E-state index is 12.7. The van der Waals surface area contributed by atoms with Gasteiger partial charge < -0.3 is 20.5 Å². The molecule has 1 heterocycles. The Morgan fingerprint density at radius 3 is 2.71 bits per heavy atom. The number of hydrogen-bond acceptors (Lipinski definition) is 5. The molecule has 0 radical (unpaired) electrons. The van der Waals surface area contributed by atoms with Crippen molar-refractivity contribution in [3.05, 3.63) is 63.8 Å². The number of carboxylic acid groups (broad SMARTS) is 1. The number of imide groups is 1. The lowest BCUT2D eigenvalue weighted by Gasteiger charge is -2.12. The van der Waals surface area contributed by atoms with Crippen LogP contribution in [0.3, 0.4) is 0 Å². The van der Waals surface area contributed by atoms with Crippen molar-refractivity contribution in [1.29, 1.82) is 0 Å². The average Bonchev–Trinajstić information content (AvgIpc) is 2.94. The fourth-order valence-electron chi connectivity index (χ4n) is 2.84. The lowest BCUT2D eigenvalue weighted by Crippen LogP contribution is -2.38. The summed E-state index contributed by atoms with van der Waals surface area (Å²) in [6, 6.07) is 11.2. The highest BCUT2D eigenvalue weighted by atomic mass is 79.9. The molecule has 31 heavy (non-hydrogen) atoms. The van der Waals surface area contributed by atoms with Crippen LogP contribution in [0.1, 0.15) is 11.1 Å². The third-order valence-electron chi connectivity index (χ3n) is 4.19. The quantitative estimate of drug-likeness (QED) is 0.407. The van der Waals surface area contributed by atoms with E-state index < -0.39 is 37.0 Å². The van der Waals surface area contributed by atoms with E-state index in [1.807, 2.05) is 13.0 Å². The Morgan fingerprint density at radius 1 is 1.23 bits per heavy atom. The minimum absolute atomic E-state index is 0.0633. The molecule has 160 valence electrons. The molecule has 2 aromatic carbocycles. The summed E-state index contributed by atoms with van der Waals surface area (Å²) in [5.41, 5.74) is 1.83. The number of aryl methyl sites for hydroxylation is 1. The van der Waals surface area contributed by atoms with E-state index in [-0.39, 0.29) is 11.4 Å². The van der Waals surface area contributed by atoms with E-state index in [9.17, 15) is 19.2 Å². The van der Waals surface area contributed by atoms with Gasteiger partial charge in [0.15, 0.2) is 6.61 Å². The summed E-state index contributed by atoms with van der Waals surface area (Å²) in [6.07, 6.45) is 1.36. The lowest BCUT2D eigenvalue weighted by atomic mass is 10.1. The summed E-state index contributed by atoms with van der Waals surface area (Å²) < 4.78 is 5.89. The van der Waals surface area contributed by atoms with Gasteiger partial charge in [0.2, 0.25) is 5.91 Å². The second-order valence-electron chi connectivity index (χ2n) is 6.66. The SMILES string of the molecule is Cc1cccc(NC(=O)CN2C(=O)N/C(=C/c3cc(Br)ccc3OCC(=O)O)C2=O)c1. The van der Waals surface area contributed by atoms with Gasteiger partial charge >= 0.3 is 12.0 Å². The zero-order valence-corrected chi connectivity index (χ0v) is 17.9. The molecule has 0 saturated carbocycles. The smallest absolute Gasteiger partial charge is 0.341 e. The van der Waals surface area contributed by atoms with E-state index in [0.717, 1.165) is 10.5 Å². The molecule has 3 N–H and O–H groups in total. The molecule has 10 heteroatoms. The molecule has 3 rings (SSSR count). The number of hydrogen-bond donors (Lipinski definition) is 3. The number of rotatable bonds is 7. The van der Waals surface area contributed by atoms with E-state index >= 15 is 0 Å². The first-order valence-corrected chi connectivity index (χ1v) is 9.87. The highest BCUT2D eigenvalue weighted by molar-refractivity contribution is 9.10. The van der Waals surface area contributed by atoms with Gasteiger partial charge in [-0.1, -0.05) is 28.1 Å². The van der Waals surface area contributed by atoms with E-state index in [1.165, 1.54) is 12.1 Å². The minimum Gasteiger partial charge on any atom is -0.481 e. The molecule has 0 atom stereocenters. The van der Waals surface area contributed by atoms with Gasteiger partial charge in [-0.15, -0.1) is 0 Å². The van der Waals surface area contributed by atoms with Crippen LogP contribution in [0.2, 0.25) is 0 Å². The number of anilines is 1. The fraction of sp³-hybridized carbons (Fsp3) is 0.143. The Morgan fingerprint density at radius 2 is 2.00 bits per heavy atom. The first-order valence-electron chi connectivity index (χ1n) is 9.08. The molecule has 1 saturated heterocycles. The van der Waals surface area contributed by atoms with Crippen LogP contribution in [0.15, 0.2) is 52.6 Å². The predicted molar refractivity (Wildman–Crippen MR) is 115 cm³/mol. The predicted octanol–water partition coefficient (Wildman–Crippen LogP) is 2.75. The molecular formula is C21H18BrN3O6. The van der Waals surface area contributed by atoms with Gasteiger partial charge in [0.25, 0.3) is 5.91 Å². The Balaban J connectivity index is 1.75. The van der Waals surface area contributed by atoms with E-state index in [2.05, 4.69) is 26.6 Å². The Hall–Kier alpha value is -3.66. The standard InChI is InChI=1S/C21H18BrN3O6/c1-12-3-2-4-15(7-12)23-18(26)10-25-20(29)16(24-21(25)30)9-13-8-14(22)5-6-17(13)31-11-19(27)28/h2-9H,10-11H2,1H3,(H,23,26)(H,24,30)(H,27,28)/b16-9+. The fourth-order valence-corrected chi connectivity index (χ4v) is 3.22. The Kier molecular flexibility index (Phi) is 6.71. The van der Waals surface area contributed by atoms with Crippen molar-refractivity contribution in [2.45, 2.75) is 6.92 Å². The van der Waals surface area contributed by atoms with Crippen LogP contribution in [0, 0.1) is 6.92 Å². The van der Waals surface area contributed by atoms with Gasteiger partial charge in [0.05, 0.1) is 0 Å². The average molecular weight is 488 g/mol. The number of halogens is 1. The van der Waals surface area contributed by atoms with Crippen molar-refractivity contribution >= 4 is 51.5 Å². The summed E-state index contributed by atoms with van der Waals surface area (Å²) in [5, 5.41) is 13.9. The summed E-state index contributed by atoms with van der Waals surface area (Å²) in [5.74, 6) is -2.15. The van der Waals surface area contributed by atoms with Crippen LogP contribution >= 0.6 is 15.9 Å². The zero-order valence-electron chi connectivity index (χ0n) is 16.3. The molecule has 1 aliphatic heterocycles. The molecule has 9 nitrogen and oxygen atoms in total.